The first-order chi connectivity index (χ1) is 12.3. The van der Waals surface area contributed by atoms with Crippen LogP contribution in [0.15, 0.2) is 64.9 Å². The lowest BCUT2D eigenvalue weighted by molar-refractivity contribution is -0.111. The summed E-state index contributed by atoms with van der Waals surface area (Å²) in [5, 5.41) is 3.78. The van der Waals surface area contributed by atoms with E-state index in [1.165, 1.54) is 6.08 Å². The van der Waals surface area contributed by atoms with E-state index in [-0.39, 0.29) is 11.5 Å². The van der Waals surface area contributed by atoms with Gasteiger partial charge in [0, 0.05) is 11.8 Å². The Labute approximate surface area is 160 Å². The highest BCUT2D eigenvalue weighted by atomic mass is 35.5. The van der Waals surface area contributed by atoms with Gasteiger partial charge in [-0.1, -0.05) is 23.2 Å². The van der Waals surface area contributed by atoms with Crippen LogP contribution in [0.1, 0.15) is 0 Å². The van der Waals surface area contributed by atoms with Crippen molar-refractivity contribution in [1.29, 1.82) is 0 Å². The summed E-state index contributed by atoms with van der Waals surface area (Å²) in [6.07, 6.45) is 2.87. The number of nitrogens with zero attached hydrogens (tertiary/aromatic N) is 1. The first kappa shape index (κ1) is 17.8. The maximum Gasteiger partial charge on any atom is 0.204 e. The largest absolute Gasteiger partial charge is 0.398 e. The molecule has 26 heavy (non-hydrogen) atoms. The molecule has 0 atom stereocenters. The van der Waals surface area contributed by atoms with Gasteiger partial charge >= 0.3 is 0 Å². The summed E-state index contributed by atoms with van der Waals surface area (Å²) in [6.45, 7) is 0. The van der Waals surface area contributed by atoms with E-state index in [1.54, 1.807) is 42.5 Å². The molecule has 0 heterocycles. The van der Waals surface area contributed by atoms with Crippen LogP contribution in [0.25, 0.3) is 0 Å². The van der Waals surface area contributed by atoms with Gasteiger partial charge in [0.2, 0.25) is 5.78 Å². The van der Waals surface area contributed by atoms with E-state index in [0.29, 0.717) is 44.2 Å². The highest BCUT2D eigenvalue weighted by Crippen LogP contribution is 2.27. The van der Waals surface area contributed by atoms with E-state index in [9.17, 15) is 4.79 Å². The fourth-order valence-electron chi connectivity index (χ4n) is 2.26. The lowest BCUT2D eigenvalue weighted by atomic mass is 10.1. The van der Waals surface area contributed by atoms with E-state index in [0.717, 1.165) is 0 Å². The molecule has 0 fully saturated rings. The fraction of sp³-hybridized carbons (Fsp3) is 0. The topological polar surface area (TPSA) is 120 Å². The molecule has 0 aliphatic heterocycles. The number of benzene rings is 2. The van der Waals surface area contributed by atoms with Gasteiger partial charge in [0.1, 0.15) is 0 Å². The van der Waals surface area contributed by atoms with Gasteiger partial charge in [-0.25, -0.2) is 4.99 Å². The van der Waals surface area contributed by atoms with Gasteiger partial charge in [-0.2, -0.15) is 0 Å². The van der Waals surface area contributed by atoms with Crippen LogP contribution in [0.3, 0.4) is 0 Å². The zero-order chi connectivity index (χ0) is 18.8. The maximum absolute atomic E-state index is 12.2. The average Bonchev–Trinajstić information content (AvgIpc) is 2.58. The molecule has 8 heteroatoms. The number of anilines is 3. The number of aliphatic imine (C=N–C) groups is 1. The summed E-state index contributed by atoms with van der Waals surface area (Å²) in [7, 11) is 0. The molecule has 0 saturated heterocycles. The lowest BCUT2D eigenvalue weighted by Crippen LogP contribution is -2.22. The molecule has 0 spiro atoms. The van der Waals surface area contributed by atoms with Crippen LogP contribution in [0, 0.1) is 0 Å². The number of hydrogen-bond acceptors (Lipinski definition) is 6. The van der Waals surface area contributed by atoms with Gasteiger partial charge in [0.25, 0.3) is 0 Å². The van der Waals surface area contributed by atoms with Gasteiger partial charge < -0.3 is 22.5 Å². The van der Waals surface area contributed by atoms with Gasteiger partial charge in [0.05, 0.1) is 44.2 Å². The second-order valence-electron chi connectivity index (χ2n) is 5.59. The van der Waals surface area contributed by atoms with Crippen LogP contribution in [-0.2, 0) is 4.79 Å². The molecule has 0 unspecified atom stereocenters. The molecular formula is C18H15Cl2N5O. The molecule has 3 rings (SSSR count). The van der Waals surface area contributed by atoms with Crippen molar-refractivity contribution in [1.82, 2.24) is 0 Å². The van der Waals surface area contributed by atoms with E-state index in [1.807, 2.05) is 0 Å². The summed E-state index contributed by atoms with van der Waals surface area (Å²) < 4.78 is 0. The number of carbonyl (C=O) groups is 1. The Morgan fingerprint density at radius 2 is 1.54 bits per heavy atom. The minimum Gasteiger partial charge on any atom is -0.398 e. The molecule has 132 valence electrons. The zero-order valence-corrected chi connectivity index (χ0v) is 15.0. The number of allylic oxidation sites excluding steroid dienone is 2. The van der Waals surface area contributed by atoms with Gasteiger partial charge in [-0.05, 0) is 42.5 Å². The Hall–Kier alpha value is -2.96. The molecule has 1 aliphatic rings. The molecule has 0 bridgehead atoms. The predicted molar refractivity (Wildman–Crippen MR) is 108 cm³/mol. The Kier molecular flexibility index (Phi) is 4.88. The van der Waals surface area contributed by atoms with Crippen molar-refractivity contribution in [2.45, 2.75) is 0 Å². The molecular weight excluding hydrogens is 373 g/mol. The third-order valence-corrected chi connectivity index (χ3v) is 4.30. The molecule has 6 nitrogen and oxygen atoms in total. The molecule has 0 radical (unpaired) electrons. The van der Waals surface area contributed by atoms with Crippen molar-refractivity contribution in [3.8, 4) is 0 Å². The van der Waals surface area contributed by atoms with Crippen molar-refractivity contribution < 1.29 is 4.79 Å². The molecule has 7 N–H and O–H groups in total. The van der Waals surface area contributed by atoms with Crippen LogP contribution in [-0.4, -0.2) is 11.5 Å². The van der Waals surface area contributed by atoms with Gasteiger partial charge in [-0.3, -0.25) is 4.79 Å². The number of ketones is 1. The summed E-state index contributed by atoms with van der Waals surface area (Å²) >= 11 is 12.0. The van der Waals surface area contributed by atoms with Crippen LogP contribution in [0.5, 0.6) is 0 Å². The fourth-order valence-corrected chi connectivity index (χ4v) is 2.62. The third-order valence-electron chi connectivity index (χ3n) is 3.64. The van der Waals surface area contributed by atoms with Crippen molar-refractivity contribution >= 4 is 57.4 Å². The van der Waals surface area contributed by atoms with Gasteiger partial charge in [0.15, 0.2) is 0 Å². The number of hydrogen-bond donors (Lipinski definition) is 4. The lowest BCUT2D eigenvalue weighted by Gasteiger charge is -2.15. The van der Waals surface area contributed by atoms with E-state index < -0.39 is 0 Å². The Balaban J connectivity index is 1.93. The number of carbonyl (C=O) groups excluding carboxylic acids is 1. The second kappa shape index (κ2) is 7.11. The minimum absolute atomic E-state index is 0.254. The minimum atomic E-state index is -0.273. The van der Waals surface area contributed by atoms with E-state index in [2.05, 4.69) is 10.3 Å². The second-order valence-corrected chi connectivity index (χ2v) is 6.40. The first-order valence-corrected chi connectivity index (χ1v) is 8.28. The standard InChI is InChI=1S/C18H15Cl2N5O/c19-11-5-9(1-3-13(11)21)24-16-8-17(18(26)7-15(16)23)25-10-2-4-14(22)12(20)6-10/h1-8,25H,21-23H2/b24-16-. The van der Waals surface area contributed by atoms with Crippen LogP contribution < -0.4 is 22.5 Å². The number of rotatable bonds is 3. The molecule has 0 saturated carbocycles. The molecule has 1 aliphatic carbocycles. The summed E-state index contributed by atoms with van der Waals surface area (Å²) in [5.74, 6) is -0.273. The van der Waals surface area contributed by atoms with Crippen LogP contribution in [0.2, 0.25) is 10.0 Å². The first-order valence-electron chi connectivity index (χ1n) is 7.53. The SMILES string of the molecule is NC1=CC(=O)C(Nc2ccc(N)c(Cl)c2)=C/C1=N/c1ccc(N)c(Cl)c1. The third kappa shape index (κ3) is 3.82. The average molecular weight is 388 g/mol. The van der Waals surface area contributed by atoms with Crippen molar-refractivity contribution in [3.63, 3.8) is 0 Å². The Bertz CT molecular complexity index is 995. The van der Waals surface area contributed by atoms with Crippen LogP contribution in [0.4, 0.5) is 22.7 Å². The number of nitrogens with two attached hydrogens (primary N) is 3. The van der Waals surface area contributed by atoms with E-state index >= 15 is 0 Å². The zero-order valence-electron chi connectivity index (χ0n) is 13.5. The molecule has 0 aromatic heterocycles. The monoisotopic (exact) mass is 387 g/mol. The van der Waals surface area contributed by atoms with E-state index in [4.69, 9.17) is 40.4 Å². The number of nitrogens with one attached hydrogen (secondary N) is 1. The summed E-state index contributed by atoms with van der Waals surface area (Å²) in [6, 6.07) is 9.96. The Morgan fingerprint density at radius 1 is 0.885 bits per heavy atom. The molecule has 2 aromatic rings. The Morgan fingerprint density at radius 3 is 2.19 bits per heavy atom. The predicted octanol–water partition coefficient (Wildman–Crippen LogP) is 3.65. The molecule has 0 amide bonds. The highest BCUT2D eigenvalue weighted by Gasteiger charge is 2.17. The summed E-state index contributed by atoms with van der Waals surface area (Å²) in [4.78, 5) is 16.6. The van der Waals surface area contributed by atoms with Gasteiger partial charge in [-0.15, -0.1) is 0 Å². The van der Waals surface area contributed by atoms with Crippen molar-refractivity contribution in [3.05, 3.63) is 70.0 Å². The highest BCUT2D eigenvalue weighted by molar-refractivity contribution is 6.33. The number of halogens is 2. The van der Waals surface area contributed by atoms with Crippen molar-refractivity contribution in [2.24, 2.45) is 10.7 Å². The summed E-state index contributed by atoms with van der Waals surface area (Å²) in [5.41, 5.74) is 20.4. The van der Waals surface area contributed by atoms with Crippen LogP contribution >= 0.6 is 23.2 Å². The maximum atomic E-state index is 12.2. The number of nitrogen functional groups attached to an aromatic ring is 2. The quantitative estimate of drug-likeness (QED) is 0.473. The van der Waals surface area contributed by atoms with Crippen molar-refractivity contribution in [2.75, 3.05) is 16.8 Å². The smallest absolute Gasteiger partial charge is 0.204 e. The normalized spacial score (nSPS) is 15.6. The molecule has 2 aromatic carbocycles.